The zero-order chi connectivity index (χ0) is 16.3. The molecule has 1 amide bonds. The maximum Gasteiger partial charge on any atom is 0.326 e. The summed E-state index contributed by atoms with van der Waals surface area (Å²) < 4.78 is 0.898. The summed E-state index contributed by atoms with van der Waals surface area (Å²) in [6.45, 7) is 4.16. The van der Waals surface area contributed by atoms with Gasteiger partial charge in [-0.1, -0.05) is 41.9 Å². The summed E-state index contributed by atoms with van der Waals surface area (Å²) in [5.74, 6) is -0.594. The SMILES string of the molecule is CC(C)(CC(=O)NC(Cc1cccc(Br)c1)C(=O)O)C1CC1. The predicted octanol–water partition coefficient (Wildman–Crippen LogP) is 3.39. The van der Waals surface area contributed by atoms with Crippen LogP contribution in [0.4, 0.5) is 0 Å². The Morgan fingerprint density at radius 3 is 2.64 bits per heavy atom. The van der Waals surface area contributed by atoms with E-state index in [0.29, 0.717) is 12.3 Å². The van der Waals surface area contributed by atoms with E-state index in [1.165, 1.54) is 12.8 Å². The van der Waals surface area contributed by atoms with Crippen LogP contribution in [0.1, 0.15) is 38.7 Å². The van der Waals surface area contributed by atoms with Gasteiger partial charge in [-0.2, -0.15) is 0 Å². The van der Waals surface area contributed by atoms with Gasteiger partial charge >= 0.3 is 5.97 Å². The third kappa shape index (κ3) is 4.83. The highest BCUT2D eigenvalue weighted by molar-refractivity contribution is 9.10. The average molecular weight is 368 g/mol. The van der Waals surface area contributed by atoms with Crippen LogP contribution in [-0.2, 0) is 16.0 Å². The van der Waals surface area contributed by atoms with Gasteiger partial charge in [0.2, 0.25) is 5.91 Å². The maximum absolute atomic E-state index is 12.2. The fraction of sp³-hybridized carbons (Fsp3) is 0.529. The van der Waals surface area contributed by atoms with Crippen LogP contribution in [0.15, 0.2) is 28.7 Å². The van der Waals surface area contributed by atoms with Crippen LogP contribution in [0.2, 0.25) is 0 Å². The zero-order valence-corrected chi connectivity index (χ0v) is 14.5. The van der Waals surface area contributed by atoms with Crippen LogP contribution in [0.25, 0.3) is 0 Å². The summed E-state index contributed by atoms with van der Waals surface area (Å²) in [5, 5.41) is 12.0. The summed E-state index contributed by atoms with van der Waals surface area (Å²) in [7, 11) is 0. The third-order valence-corrected chi connectivity index (χ3v) is 4.75. The van der Waals surface area contributed by atoms with Crippen molar-refractivity contribution in [2.75, 3.05) is 0 Å². The van der Waals surface area contributed by atoms with Crippen molar-refractivity contribution in [2.45, 2.75) is 45.6 Å². The molecule has 0 bridgehead atoms. The van der Waals surface area contributed by atoms with E-state index in [0.717, 1.165) is 10.0 Å². The average Bonchev–Trinajstić information content (AvgIpc) is 3.21. The van der Waals surface area contributed by atoms with Crippen molar-refractivity contribution in [3.63, 3.8) is 0 Å². The Bertz CT molecular complexity index is 567. The lowest BCUT2D eigenvalue weighted by molar-refractivity contribution is -0.142. The molecule has 4 nitrogen and oxygen atoms in total. The highest BCUT2D eigenvalue weighted by Gasteiger charge is 2.39. The Labute approximate surface area is 139 Å². The molecular formula is C17H22BrNO3. The minimum atomic E-state index is -1.00. The smallest absolute Gasteiger partial charge is 0.326 e. The highest BCUT2D eigenvalue weighted by atomic mass is 79.9. The first-order valence-electron chi connectivity index (χ1n) is 7.54. The number of carbonyl (C=O) groups excluding carboxylic acids is 1. The van der Waals surface area contributed by atoms with Gasteiger partial charge in [-0.3, -0.25) is 4.79 Å². The number of amides is 1. The number of hydrogen-bond acceptors (Lipinski definition) is 2. The zero-order valence-electron chi connectivity index (χ0n) is 12.9. The summed E-state index contributed by atoms with van der Waals surface area (Å²) >= 11 is 3.37. The molecule has 0 aromatic heterocycles. The minimum absolute atomic E-state index is 0.0527. The van der Waals surface area contributed by atoms with Gasteiger partial charge in [0, 0.05) is 17.3 Å². The van der Waals surface area contributed by atoms with Crippen molar-refractivity contribution in [1.82, 2.24) is 5.32 Å². The summed E-state index contributed by atoms with van der Waals surface area (Å²) in [6.07, 6.45) is 2.99. The molecule has 1 saturated carbocycles. The van der Waals surface area contributed by atoms with Gasteiger partial charge in [0.05, 0.1) is 0 Å². The topological polar surface area (TPSA) is 66.4 Å². The van der Waals surface area contributed by atoms with E-state index in [-0.39, 0.29) is 17.7 Å². The van der Waals surface area contributed by atoms with Gasteiger partial charge in [0.15, 0.2) is 0 Å². The maximum atomic E-state index is 12.2. The predicted molar refractivity (Wildman–Crippen MR) is 88.5 cm³/mol. The Kier molecular flexibility index (Phi) is 5.27. The molecule has 1 fully saturated rings. The number of carboxylic acids is 1. The molecule has 2 N–H and O–H groups in total. The highest BCUT2D eigenvalue weighted by Crippen LogP contribution is 2.47. The number of carboxylic acid groups (broad SMARTS) is 1. The Balaban J connectivity index is 1.96. The van der Waals surface area contributed by atoms with Crippen LogP contribution in [-0.4, -0.2) is 23.0 Å². The quantitative estimate of drug-likeness (QED) is 0.775. The second kappa shape index (κ2) is 6.82. The van der Waals surface area contributed by atoms with E-state index >= 15 is 0 Å². The number of rotatable bonds is 7. The molecule has 1 aromatic carbocycles. The second-order valence-corrected chi connectivity index (χ2v) is 7.65. The van der Waals surface area contributed by atoms with Crippen molar-refractivity contribution in [3.8, 4) is 0 Å². The van der Waals surface area contributed by atoms with E-state index in [4.69, 9.17) is 0 Å². The number of carbonyl (C=O) groups is 2. The van der Waals surface area contributed by atoms with Crippen LogP contribution < -0.4 is 5.32 Å². The van der Waals surface area contributed by atoms with Crippen molar-refractivity contribution in [3.05, 3.63) is 34.3 Å². The molecule has 1 aromatic rings. The molecule has 0 heterocycles. The monoisotopic (exact) mass is 367 g/mol. The van der Waals surface area contributed by atoms with Crippen LogP contribution >= 0.6 is 15.9 Å². The summed E-state index contributed by atoms with van der Waals surface area (Å²) in [5.41, 5.74) is 0.826. The molecular weight excluding hydrogens is 346 g/mol. The van der Waals surface area contributed by atoms with Gasteiger partial charge in [-0.25, -0.2) is 4.79 Å². The van der Waals surface area contributed by atoms with Crippen molar-refractivity contribution < 1.29 is 14.7 Å². The number of aliphatic carboxylic acids is 1. The lowest BCUT2D eigenvalue weighted by Crippen LogP contribution is -2.43. The van der Waals surface area contributed by atoms with E-state index in [1.54, 1.807) is 0 Å². The number of hydrogen-bond donors (Lipinski definition) is 2. The molecule has 1 aliphatic rings. The number of halogens is 1. The van der Waals surface area contributed by atoms with Gasteiger partial charge in [0.1, 0.15) is 6.04 Å². The Morgan fingerprint density at radius 2 is 2.09 bits per heavy atom. The van der Waals surface area contributed by atoms with Gasteiger partial charge in [0.25, 0.3) is 0 Å². The standard InChI is InChI=1S/C17H22BrNO3/c1-17(2,12-6-7-12)10-15(20)19-14(16(21)22)9-11-4-3-5-13(18)8-11/h3-5,8,12,14H,6-7,9-10H2,1-2H3,(H,19,20)(H,21,22). The van der Waals surface area contributed by atoms with Crippen LogP contribution in [0.3, 0.4) is 0 Å². The van der Waals surface area contributed by atoms with E-state index in [1.807, 2.05) is 24.3 Å². The first kappa shape index (κ1) is 17.0. The summed E-state index contributed by atoms with van der Waals surface area (Å²) in [4.78, 5) is 23.6. The Morgan fingerprint density at radius 1 is 1.41 bits per heavy atom. The molecule has 1 unspecified atom stereocenters. The number of benzene rings is 1. The van der Waals surface area contributed by atoms with Gasteiger partial charge in [-0.15, -0.1) is 0 Å². The molecule has 1 atom stereocenters. The van der Waals surface area contributed by atoms with Gasteiger partial charge in [-0.05, 0) is 41.9 Å². The van der Waals surface area contributed by atoms with Crippen LogP contribution in [0.5, 0.6) is 0 Å². The molecule has 0 saturated heterocycles. The molecule has 2 rings (SSSR count). The van der Waals surface area contributed by atoms with E-state index in [2.05, 4.69) is 35.1 Å². The third-order valence-electron chi connectivity index (χ3n) is 4.26. The normalized spacial score (nSPS) is 16.1. The number of nitrogens with one attached hydrogen (secondary N) is 1. The first-order valence-corrected chi connectivity index (χ1v) is 8.34. The first-order chi connectivity index (χ1) is 10.3. The summed E-state index contributed by atoms with van der Waals surface area (Å²) in [6, 6.07) is 6.58. The lowest BCUT2D eigenvalue weighted by atomic mass is 9.83. The molecule has 5 heteroatoms. The molecule has 0 radical (unpaired) electrons. The van der Waals surface area contributed by atoms with E-state index < -0.39 is 12.0 Å². The fourth-order valence-electron chi connectivity index (χ4n) is 2.77. The van der Waals surface area contributed by atoms with Crippen LogP contribution in [0, 0.1) is 11.3 Å². The molecule has 120 valence electrons. The molecule has 1 aliphatic carbocycles. The van der Waals surface area contributed by atoms with Crippen molar-refractivity contribution in [1.29, 1.82) is 0 Å². The molecule has 22 heavy (non-hydrogen) atoms. The lowest BCUT2D eigenvalue weighted by Gasteiger charge is -2.24. The second-order valence-electron chi connectivity index (χ2n) is 6.73. The van der Waals surface area contributed by atoms with E-state index in [9.17, 15) is 14.7 Å². The largest absolute Gasteiger partial charge is 0.480 e. The molecule has 0 spiro atoms. The van der Waals surface area contributed by atoms with Crippen molar-refractivity contribution >= 4 is 27.8 Å². The Hall–Kier alpha value is -1.36. The van der Waals surface area contributed by atoms with Crippen molar-refractivity contribution in [2.24, 2.45) is 11.3 Å². The fourth-order valence-corrected chi connectivity index (χ4v) is 3.21. The van der Waals surface area contributed by atoms with Gasteiger partial charge < -0.3 is 10.4 Å². The molecule has 0 aliphatic heterocycles. The minimum Gasteiger partial charge on any atom is -0.480 e.